The Balaban J connectivity index is 1.92. The Morgan fingerprint density at radius 3 is 2.93 bits per heavy atom. The molecule has 1 aliphatic carbocycles. The molecule has 15 heavy (non-hydrogen) atoms. The molecule has 3 N–H and O–H groups in total. The number of rotatable bonds is 3. The number of nitrogens with one attached hydrogen (secondary N) is 1. The second-order valence-electron chi connectivity index (χ2n) is 4.07. The molecule has 5 nitrogen and oxygen atoms in total. The first-order valence-corrected chi connectivity index (χ1v) is 5.24. The van der Waals surface area contributed by atoms with E-state index >= 15 is 0 Å². The van der Waals surface area contributed by atoms with E-state index in [2.05, 4.69) is 10.4 Å². The minimum absolute atomic E-state index is 0.118. The fourth-order valence-corrected chi connectivity index (χ4v) is 1.65. The van der Waals surface area contributed by atoms with Gasteiger partial charge in [-0.3, -0.25) is 9.48 Å². The normalized spacial score (nSPS) is 16.1. The standard InChI is InChI=1S/C10H16N4O/c1-14-9(11)8(6-13-14)10(15)12-5-7-3-2-4-7/h6-7H,2-5,11H2,1H3,(H,12,15). The number of carbonyl (C=O) groups is 1. The van der Waals surface area contributed by atoms with Crippen molar-refractivity contribution in [1.29, 1.82) is 0 Å². The molecule has 0 atom stereocenters. The lowest BCUT2D eigenvalue weighted by molar-refractivity contribution is 0.0940. The van der Waals surface area contributed by atoms with Crippen LogP contribution in [0.15, 0.2) is 6.20 Å². The van der Waals surface area contributed by atoms with Gasteiger partial charge in [0, 0.05) is 13.6 Å². The maximum Gasteiger partial charge on any atom is 0.256 e. The van der Waals surface area contributed by atoms with Crippen LogP contribution in [0.3, 0.4) is 0 Å². The highest BCUT2D eigenvalue weighted by Crippen LogP contribution is 2.25. The molecule has 1 amide bonds. The van der Waals surface area contributed by atoms with Crippen molar-refractivity contribution in [3.05, 3.63) is 11.8 Å². The summed E-state index contributed by atoms with van der Waals surface area (Å²) in [6, 6.07) is 0. The van der Waals surface area contributed by atoms with Gasteiger partial charge in [-0.1, -0.05) is 6.42 Å². The highest BCUT2D eigenvalue weighted by Gasteiger charge is 2.19. The Kier molecular flexibility index (Phi) is 2.62. The lowest BCUT2D eigenvalue weighted by atomic mass is 9.85. The van der Waals surface area contributed by atoms with E-state index in [9.17, 15) is 4.79 Å². The van der Waals surface area contributed by atoms with Gasteiger partial charge >= 0.3 is 0 Å². The number of nitrogen functional groups attached to an aromatic ring is 1. The fraction of sp³-hybridized carbons (Fsp3) is 0.600. The molecule has 0 saturated heterocycles. The molecule has 1 heterocycles. The molecular formula is C10H16N4O. The number of hydrogen-bond acceptors (Lipinski definition) is 3. The Morgan fingerprint density at radius 2 is 2.47 bits per heavy atom. The summed E-state index contributed by atoms with van der Waals surface area (Å²) in [5.74, 6) is 0.959. The number of carbonyl (C=O) groups excluding carboxylic acids is 1. The number of hydrogen-bond donors (Lipinski definition) is 2. The molecule has 0 unspecified atom stereocenters. The highest BCUT2D eigenvalue weighted by atomic mass is 16.1. The Hall–Kier alpha value is -1.52. The van der Waals surface area contributed by atoms with Crippen molar-refractivity contribution in [2.75, 3.05) is 12.3 Å². The summed E-state index contributed by atoms with van der Waals surface area (Å²) in [4.78, 5) is 11.7. The van der Waals surface area contributed by atoms with Crippen molar-refractivity contribution >= 4 is 11.7 Å². The van der Waals surface area contributed by atoms with Crippen molar-refractivity contribution in [3.63, 3.8) is 0 Å². The molecule has 1 aliphatic rings. The second-order valence-corrected chi connectivity index (χ2v) is 4.07. The third kappa shape index (κ3) is 1.95. The highest BCUT2D eigenvalue weighted by molar-refractivity contribution is 5.98. The zero-order valence-corrected chi connectivity index (χ0v) is 8.86. The van der Waals surface area contributed by atoms with Crippen LogP contribution in [-0.2, 0) is 7.05 Å². The molecule has 0 spiro atoms. The molecule has 5 heteroatoms. The van der Waals surface area contributed by atoms with E-state index in [4.69, 9.17) is 5.73 Å². The van der Waals surface area contributed by atoms with Crippen LogP contribution in [0, 0.1) is 5.92 Å². The molecule has 0 aromatic carbocycles. The van der Waals surface area contributed by atoms with Crippen LogP contribution in [0.2, 0.25) is 0 Å². The Morgan fingerprint density at radius 1 is 1.73 bits per heavy atom. The van der Waals surface area contributed by atoms with Gasteiger partial charge < -0.3 is 11.1 Å². The predicted molar refractivity (Wildman–Crippen MR) is 57.3 cm³/mol. The van der Waals surface area contributed by atoms with Gasteiger partial charge in [0.15, 0.2) is 0 Å². The van der Waals surface area contributed by atoms with Crippen LogP contribution in [-0.4, -0.2) is 22.2 Å². The molecule has 0 radical (unpaired) electrons. The zero-order valence-electron chi connectivity index (χ0n) is 8.86. The van der Waals surface area contributed by atoms with E-state index in [0.29, 0.717) is 17.3 Å². The quantitative estimate of drug-likeness (QED) is 0.761. The van der Waals surface area contributed by atoms with Gasteiger partial charge in [0.2, 0.25) is 0 Å². The molecule has 1 aromatic rings. The zero-order chi connectivity index (χ0) is 10.8. The van der Waals surface area contributed by atoms with E-state index in [-0.39, 0.29) is 5.91 Å². The summed E-state index contributed by atoms with van der Waals surface area (Å²) in [5, 5.41) is 6.81. The average Bonchev–Trinajstić information content (AvgIpc) is 2.45. The molecule has 0 aliphatic heterocycles. The first kappa shape index (κ1) is 10.0. The van der Waals surface area contributed by atoms with Gasteiger partial charge in [-0.25, -0.2) is 0 Å². The smallest absolute Gasteiger partial charge is 0.256 e. The summed E-state index contributed by atoms with van der Waals surface area (Å²) in [6.45, 7) is 0.757. The number of anilines is 1. The van der Waals surface area contributed by atoms with E-state index in [1.54, 1.807) is 7.05 Å². The van der Waals surface area contributed by atoms with Crippen molar-refractivity contribution in [2.45, 2.75) is 19.3 Å². The number of nitrogens with two attached hydrogens (primary N) is 1. The molecule has 1 fully saturated rings. The minimum Gasteiger partial charge on any atom is -0.383 e. The van der Waals surface area contributed by atoms with Gasteiger partial charge in [-0.2, -0.15) is 5.10 Å². The molecular weight excluding hydrogens is 192 g/mol. The summed E-state index contributed by atoms with van der Waals surface area (Å²) < 4.78 is 1.50. The number of amides is 1. The van der Waals surface area contributed by atoms with Crippen LogP contribution in [0.25, 0.3) is 0 Å². The number of nitrogens with zero attached hydrogens (tertiary/aromatic N) is 2. The van der Waals surface area contributed by atoms with Crippen LogP contribution in [0.4, 0.5) is 5.82 Å². The van der Waals surface area contributed by atoms with Gasteiger partial charge in [-0.15, -0.1) is 0 Å². The van der Waals surface area contributed by atoms with Crippen molar-refractivity contribution < 1.29 is 4.79 Å². The Labute approximate surface area is 88.6 Å². The van der Waals surface area contributed by atoms with Crippen molar-refractivity contribution in [1.82, 2.24) is 15.1 Å². The van der Waals surface area contributed by atoms with Crippen molar-refractivity contribution in [2.24, 2.45) is 13.0 Å². The van der Waals surface area contributed by atoms with Gasteiger partial charge in [0.25, 0.3) is 5.91 Å². The van der Waals surface area contributed by atoms with Crippen LogP contribution < -0.4 is 11.1 Å². The predicted octanol–water partition coefficient (Wildman–Crippen LogP) is 0.532. The second kappa shape index (κ2) is 3.92. The van der Waals surface area contributed by atoms with Gasteiger partial charge in [0.05, 0.1) is 6.20 Å². The van der Waals surface area contributed by atoms with Crippen molar-refractivity contribution in [3.8, 4) is 0 Å². The van der Waals surface area contributed by atoms with E-state index < -0.39 is 0 Å². The van der Waals surface area contributed by atoms with Crippen LogP contribution in [0.5, 0.6) is 0 Å². The van der Waals surface area contributed by atoms with Crippen LogP contribution >= 0.6 is 0 Å². The summed E-state index contributed by atoms with van der Waals surface area (Å²) in [6.07, 6.45) is 5.24. The maximum atomic E-state index is 11.7. The van der Waals surface area contributed by atoms with Crippen LogP contribution in [0.1, 0.15) is 29.6 Å². The fourth-order valence-electron chi connectivity index (χ4n) is 1.65. The SMILES string of the molecule is Cn1ncc(C(=O)NCC2CCC2)c1N. The average molecular weight is 208 g/mol. The first-order chi connectivity index (χ1) is 7.18. The molecule has 82 valence electrons. The molecule has 1 saturated carbocycles. The third-order valence-electron chi connectivity index (χ3n) is 3.01. The maximum absolute atomic E-state index is 11.7. The third-order valence-corrected chi connectivity index (χ3v) is 3.01. The molecule has 0 bridgehead atoms. The number of aromatic nitrogens is 2. The van der Waals surface area contributed by atoms with E-state index in [1.165, 1.54) is 30.1 Å². The lowest BCUT2D eigenvalue weighted by Gasteiger charge is -2.25. The van der Waals surface area contributed by atoms with Gasteiger partial charge in [0.1, 0.15) is 11.4 Å². The van der Waals surface area contributed by atoms with E-state index in [0.717, 1.165) is 6.54 Å². The lowest BCUT2D eigenvalue weighted by Crippen LogP contribution is -2.32. The minimum atomic E-state index is -0.118. The number of aryl methyl sites for hydroxylation is 1. The first-order valence-electron chi connectivity index (χ1n) is 5.24. The monoisotopic (exact) mass is 208 g/mol. The summed E-state index contributed by atoms with van der Waals surface area (Å²) in [7, 11) is 1.72. The van der Waals surface area contributed by atoms with E-state index in [1.807, 2.05) is 0 Å². The topological polar surface area (TPSA) is 72.9 Å². The molecule has 2 rings (SSSR count). The molecule has 1 aromatic heterocycles. The summed E-state index contributed by atoms with van der Waals surface area (Å²) in [5.41, 5.74) is 6.17. The summed E-state index contributed by atoms with van der Waals surface area (Å²) >= 11 is 0. The van der Waals surface area contributed by atoms with Gasteiger partial charge in [-0.05, 0) is 18.8 Å². The Bertz CT molecular complexity index is 367. The largest absolute Gasteiger partial charge is 0.383 e.